The summed E-state index contributed by atoms with van der Waals surface area (Å²) in [6.45, 7) is 2.40. The van der Waals surface area contributed by atoms with Crippen molar-refractivity contribution in [3.63, 3.8) is 0 Å². The van der Waals surface area contributed by atoms with Crippen molar-refractivity contribution in [2.75, 3.05) is 32.8 Å². The molecule has 0 unspecified atom stereocenters. The second-order valence-corrected chi connectivity index (χ2v) is 5.68. The van der Waals surface area contributed by atoms with Gasteiger partial charge in [0.15, 0.2) is 0 Å². The summed E-state index contributed by atoms with van der Waals surface area (Å²) in [6.07, 6.45) is 1.41. The van der Waals surface area contributed by atoms with Crippen molar-refractivity contribution in [2.24, 2.45) is 0 Å². The van der Waals surface area contributed by atoms with Crippen LogP contribution < -0.4 is 0 Å². The van der Waals surface area contributed by atoms with Gasteiger partial charge in [0.05, 0.1) is 13.0 Å². The molecule has 0 atom stereocenters. The molecule has 0 aliphatic carbocycles. The highest BCUT2D eigenvalue weighted by atomic mass is 32.1. The Labute approximate surface area is 122 Å². The van der Waals surface area contributed by atoms with Gasteiger partial charge < -0.3 is 14.9 Å². The van der Waals surface area contributed by atoms with Crippen molar-refractivity contribution in [2.45, 2.75) is 19.3 Å². The highest BCUT2D eigenvalue weighted by Crippen LogP contribution is 2.11. The van der Waals surface area contributed by atoms with Crippen molar-refractivity contribution < 1.29 is 14.7 Å². The highest BCUT2D eigenvalue weighted by Gasteiger charge is 2.21. The van der Waals surface area contributed by atoms with Crippen LogP contribution in [0.1, 0.15) is 18.4 Å². The zero-order valence-electron chi connectivity index (χ0n) is 11.5. The first-order valence-corrected chi connectivity index (χ1v) is 7.82. The SMILES string of the molecule is O=C(CCO)N1CCCN(C(=O)Cc2ccsc2)CC1. The number of hydrogen-bond donors (Lipinski definition) is 1. The van der Waals surface area contributed by atoms with E-state index < -0.39 is 0 Å². The van der Waals surface area contributed by atoms with Crippen LogP contribution >= 0.6 is 11.3 Å². The second-order valence-electron chi connectivity index (χ2n) is 4.90. The zero-order chi connectivity index (χ0) is 14.4. The summed E-state index contributed by atoms with van der Waals surface area (Å²) >= 11 is 1.59. The molecule has 0 saturated carbocycles. The number of thiophene rings is 1. The van der Waals surface area contributed by atoms with E-state index in [0.717, 1.165) is 12.0 Å². The van der Waals surface area contributed by atoms with E-state index in [4.69, 9.17) is 5.11 Å². The zero-order valence-corrected chi connectivity index (χ0v) is 12.3. The molecule has 0 radical (unpaired) electrons. The number of nitrogens with zero attached hydrogens (tertiary/aromatic N) is 2. The monoisotopic (exact) mass is 296 g/mol. The van der Waals surface area contributed by atoms with E-state index in [1.165, 1.54) is 0 Å². The van der Waals surface area contributed by atoms with Gasteiger partial charge in [-0.05, 0) is 28.8 Å². The molecule has 0 spiro atoms. The van der Waals surface area contributed by atoms with Crippen molar-refractivity contribution in [3.8, 4) is 0 Å². The Morgan fingerprint density at radius 3 is 2.45 bits per heavy atom. The Kier molecular flexibility index (Phi) is 5.55. The number of carbonyl (C=O) groups excluding carboxylic acids is 2. The summed E-state index contributed by atoms with van der Waals surface area (Å²) in [6, 6.07) is 1.97. The summed E-state index contributed by atoms with van der Waals surface area (Å²) in [5.41, 5.74) is 1.05. The highest BCUT2D eigenvalue weighted by molar-refractivity contribution is 7.07. The lowest BCUT2D eigenvalue weighted by atomic mass is 10.2. The molecule has 1 aliphatic heterocycles. The first kappa shape index (κ1) is 15.0. The summed E-state index contributed by atoms with van der Waals surface area (Å²) in [7, 11) is 0. The quantitative estimate of drug-likeness (QED) is 0.891. The lowest BCUT2D eigenvalue weighted by molar-refractivity contribution is -0.133. The normalized spacial score (nSPS) is 16.1. The van der Waals surface area contributed by atoms with Crippen molar-refractivity contribution >= 4 is 23.2 Å². The third-order valence-electron chi connectivity index (χ3n) is 3.46. The lowest BCUT2D eigenvalue weighted by Gasteiger charge is -2.22. The fraction of sp³-hybridized carbons (Fsp3) is 0.571. The molecular formula is C14H20N2O3S. The maximum absolute atomic E-state index is 12.2. The molecule has 1 fully saturated rings. The van der Waals surface area contributed by atoms with Gasteiger partial charge in [-0.1, -0.05) is 0 Å². The molecule has 1 N–H and O–H groups in total. The predicted molar refractivity (Wildman–Crippen MR) is 77.5 cm³/mol. The third kappa shape index (κ3) is 4.05. The average molecular weight is 296 g/mol. The minimum absolute atomic E-state index is 0.0281. The summed E-state index contributed by atoms with van der Waals surface area (Å²) in [5, 5.41) is 12.8. The molecule has 2 amide bonds. The van der Waals surface area contributed by atoms with Crippen LogP contribution in [0.15, 0.2) is 16.8 Å². The van der Waals surface area contributed by atoms with Gasteiger partial charge in [0, 0.05) is 32.6 Å². The van der Waals surface area contributed by atoms with Crippen molar-refractivity contribution in [1.29, 1.82) is 0 Å². The fourth-order valence-corrected chi connectivity index (χ4v) is 3.02. The molecule has 110 valence electrons. The van der Waals surface area contributed by atoms with E-state index in [-0.39, 0.29) is 24.8 Å². The average Bonchev–Trinajstić information content (AvgIpc) is 2.80. The molecule has 0 bridgehead atoms. The molecular weight excluding hydrogens is 276 g/mol. The van der Waals surface area contributed by atoms with Crippen LogP contribution in [0, 0.1) is 0 Å². The minimum Gasteiger partial charge on any atom is -0.396 e. The molecule has 0 aromatic carbocycles. The topological polar surface area (TPSA) is 60.9 Å². The maximum Gasteiger partial charge on any atom is 0.227 e. The number of amides is 2. The van der Waals surface area contributed by atoms with E-state index >= 15 is 0 Å². The molecule has 2 heterocycles. The molecule has 5 nitrogen and oxygen atoms in total. The fourth-order valence-electron chi connectivity index (χ4n) is 2.35. The molecule has 1 aromatic rings. The van der Waals surface area contributed by atoms with E-state index in [9.17, 15) is 9.59 Å². The Morgan fingerprint density at radius 1 is 1.15 bits per heavy atom. The van der Waals surface area contributed by atoms with Crippen LogP contribution in [-0.4, -0.2) is 59.5 Å². The first-order chi connectivity index (χ1) is 9.70. The summed E-state index contributed by atoms with van der Waals surface area (Å²) in [4.78, 5) is 27.5. The van der Waals surface area contributed by atoms with Gasteiger partial charge >= 0.3 is 0 Å². The minimum atomic E-state index is -0.115. The summed E-state index contributed by atoms with van der Waals surface area (Å²) in [5.74, 6) is 0.0968. The van der Waals surface area contributed by atoms with Crippen LogP contribution in [0.5, 0.6) is 0 Å². The van der Waals surface area contributed by atoms with E-state index in [1.54, 1.807) is 16.2 Å². The lowest BCUT2D eigenvalue weighted by Crippen LogP contribution is -2.38. The predicted octanol–water partition coefficient (Wildman–Crippen LogP) is 0.734. The van der Waals surface area contributed by atoms with Gasteiger partial charge in [0.2, 0.25) is 11.8 Å². The molecule has 1 aromatic heterocycles. The number of aliphatic hydroxyl groups is 1. The Bertz CT molecular complexity index is 447. The smallest absolute Gasteiger partial charge is 0.227 e. The number of carbonyl (C=O) groups is 2. The largest absolute Gasteiger partial charge is 0.396 e. The molecule has 1 saturated heterocycles. The van der Waals surface area contributed by atoms with E-state index in [2.05, 4.69) is 0 Å². The van der Waals surface area contributed by atoms with Gasteiger partial charge in [-0.15, -0.1) is 0 Å². The number of rotatable bonds is 4. The maximum atomic E-state index is 12.2. The van der Waals surface area contributed by atoms with Crippen LogP contribution in [-0.2, 0) is 16.0 Å². The first-order valence-electron chi connectivity index (χ1n) is 6.88. The van der Waals surface area contributed by atoms with Gasteiger partial charge in [-0.2, -0.15) is 11.3 Å². The standard InChI is InChI=1S/C14H20N2O3S/c17-8-2-13(18)15-4-1-5-16(7-6-15)14(19)10-12-3-9-20-11-12/h3,9,11,17H,1-2,4-8,10H2. The van der Waals surface area contributed by atoms with Crippen molar-refractivity contribution in [1.82, 2.24) is 9.80 Å². The Hall–Kier alpha value is -1.40. The van der Waals surface area contributed by atoms with Gasteiger partial charge in [-0.3, -0.25) is 9.59 Å². The van der Waals surface area contributed by atoms with E-state index in [1.807, 2.05) is 21.7 Å². The Balaban J connectivity index is 1.85. The molecule has 1 aliphatic rings. The molecule has 2 rings (SSSR count). The summed E-state index contributed by atoms with van der Waals surface area (Å²) < 4.78 is 0. The van der Waals surface area contributed by atoms with Gasteiger partial charge in [0.25, 0.3) is 0 Å². The molecule has 20 heavy (non-hydrogen) atoms. The Morgan fingerprint density at radius 2 is 1.85 bits per heavy atom. The van der Waals surface area contributed by atoms with Crippen molar-refractivity contribution in [3.05, 3.63) is 22.4 Å². The number of aliphatic hydroxyl groups excluding tert-OH is 1. The van der Waals surface area contributed by atoms with Gasteiger partial charge in [0.1, 0.15) is 0 Å². The third-order valence-corrected chi connectivity index (χ3v) is 4.19. The van der Waals surface area contributed by atoms with Crippen LogP contribution in [0.4, 0.5) is 0 Å². The molecule has 6 heteroatoms. The van der Waals surface area contributed by atoms with Crippen LogP contribution in [0.25, 0.3) is 0 Å². The van der Waals surface area contributed by atoms with E-state index in [0.29, 0.717) is 32.6 Å². The number of hydrogen-bond acceptors (Lipinski definition) is 4. The van der Waals surface area contributed by atoms with Crippen LogP contribution in [0.2, 0.25) is 0 Å². The second kappa shape index (κ2) is 7.40. The van der Waals surface area contributed by atoms with Crippen LogP contribution in [0.3, 0.4) is 0 Å². The van der Waals surface area contributed by atoms with Gasteiger partial charge in [-0.25, -0.2) is 0 Å².